The molecule has 1 aromatic carbocycles. The minimum Gasteiger partial charge on any atom is -0.494 e. The van der Waals surface area contributed by atoms with E-state index in [2.05, 4.69) is 20.4 Å². The number of aliphatic hydroxyl groups is 1. The summed E-state index contributed by atoms with van der Waals surface area (Å²) in [6.07, 6.45) is 6.80. The largest absolute Gasteiger partial charge is 0.494 e. The molecule has 4 rings (SSSR count). The highest BCUT2D eigenvalue weighted by molar-refractivity contribution is 5.95. The zero-order valence-corrected chi connectivity index (χ0v) is 18.2. The van der Waals surface area contributed by atoms with Gasteiger partial charge in [0.2, 0.25) is 0 Å². The fraction of sp³-hybridized carbons (Fsp3) is 0.609. The maximum absolute atomic E-state index is 12.0. The molecule has 168 valence electrons. The summed E-state index contributed by atoms with van der Waals surface area (Å²) in [7, 11) is 0. The summed E-state index contributed by atoms with van der Waals surface area (Å²) in [5.41, 5.74) is 1.48. The molecule has 1 aliphatic heterocycles. The van der Waals surface area contributed by atoms with E-state index in [0.29, 0.717) is 30.0 Å². The Kier molecular flexibility index (Phi) is 7.06. The fourth-order valence-corrected chi connectivity index (χ4v) is 4.08. The van der Waals surface area contributed by atoms with Crippen molar-refractivity contribution in [3.63, 3.8) is 0 Å². The molecule has 2 fully saturated rings. The van der Waals surface area contributed by atoms with Gasteiger partial charge >= 0.3 is 6.01 Å². The highest BCUT2D eigenvalue weighted by Crippen LogP contribution is 2.39. The van der Waals surface area contributed by atoms with Gasteiger partial charge in [-0.05, 0) is 75.1 Å². The zero-order chi connectivity index (χ0) is 21.6. The second kappa shape index (κ2) is 10.1. The normalized spacial score (nSPS) is 17.0. The number of rotatable bonds is 10. The number of aromatic nitrogens is 2. The summed E-state index contributed by atoms with van der Waals surface area (Å²) in [5.74, 6) is 2.72. The number of nitrogens with one attached hydrogen (secondary N) is 1. The molecule has 0 unspecified atom stereocenters. The van der Waals surface area contributed by atoms with Crippen LogP contribution in [0.2, 0.25) is 0 Å². The molecule has 1 saturated carbocycles. The van der Waals surface area contributed by atoms with E-state index in [1.54, 1.807) is 6.07 Å². The van der Waals surface area contributed by atoms with E-state index in [1.807, 2.05) is 19.1 Å². The van der Waals surface area contributed by atoms with Gasteiger partial charge in [-0.3, -0.25) is 4.79 Å². The first-order valence-electron chi connectivity index (χ1n) is 11.3. The summed E-state index contributed by atoms with van der Waals surface area (Å²) in [6.45, 7) is 4.69. The Morgan fingerprint density at radius 1 is 1.29 bits per heavy atom. The SMILES string of the molecule is Cc1cc(OCCCC2CCN(c3nc(C4CC4)no3)CC2)ccc1C(=O)NCCO. The van der Waals surface area contributed by atoms with Crippen molar-refractivity contribution in [3.8, 4) is 5.75 Å². The third-order valence-electron chi connectivity index (χ3n) is 6.12. The summed E-state index contributed by atoms with van der Waals surface area (Å²) in [5, 5.41) is 15.6. The van der Waals surface area contributed by atoms with Crippen molar-refractivity contribution in [2.24, 2.45) is 5.92 Å². The van der Waals surface area contributed by atoms with Crippen LogP contribution in [0, 0.1) is 12.8 Å². The molecule has 1 saturated heterocycles. The minimum atomic E-state index is -0.172. The molecular weight excluding hydrogens is 396 g/mol. The Bertz CT molecular complexity index is 872. The fourth-order valence-electron chi connectivity index (χ4n) is 4.08. The van der Waals surface area contributed by atoms with E-state index in [9.17, 15) is 4.79 Å². The Hall–Kier alpha value is -2.61. The average Bonchev–Trinajstić information content (AvgIpc) is 3.52. The van der Waals surface area contributed by atoms with Gasteiger partial charge in [-0.15, -0.1) is 0 Å². The first-order valence-corrected chi connectivity index (χ1v) is 11.3. The molecule has 0 atom stereocenters. The van der Waals surface area contributed by atoms with Crippen LogP contribution in [0.1, 0.15) is 66.2 Å². The third-order valence-corrected chi connectivity index (χ3v) is 6.12. The highest BCUT2D eigenvalue weighted by atomic mass is 16.5. The van der Waals surface area contributed by atoms with Crippen LogP contribution < -0.4 is 15.0 Å². The van der Waals surface area contributed by atoms with Crippen molar-refractivity contribution in [1.82, 2.24) is 15.5 Å². The summed E-state index contributed by atoms with van der Waals surface area (Å²) in [6, 6.07) is 6.19. The van der Waals surface area contributed by atoms with Gasteiger partial charge < -0.3 is 24.6 Å². The molecule has 31 heavy (non-hydrogen) atoms. The Morgan fingerprint density at radius 2 is 2.10 bits per heavy atom. The number of hydrogen-bond acceptors (Lipinski definition) is 7. The summed E-state index contributed by atoms with van der Waals surface area (Å²) >= 11 is 0. The van der Waals surface area contributed by atoms with E-state index in [0.717, 1.165) is 55.9 Å². The van der Waals surface area contributed by atoms with Gasteiger partial charge in [0.1, 0.15) is 5.75 Å². The number of aliphatic hydroxyl groups excluding tert-OH is 1. The number of hydrogen-bond donors (Lipinski definition) is 2. The number of nitrogens with zero attached hydrogens (tertiary/aromatic N) is 3. The summed E-state index contributed by atoms with van der Waals surface area (Å²) < 4.78 is 11.3. The zero-order valence-electron chi connectivity index (χ0n) is 18.2. The first-order chi connectivity index (χ1) is 15.1. The second-order valence-corrected chi connectivity index (χ2v) is 8.59. The van der Waals surface area contributed by atoms with Gasteiger partial charge in [-0.1, -0.05) is 5.16 Å². The van der Waals surface area contributed by atoms with E-state index in [4.69, 9.17) is 14.4 Å². The Labute approximate surface area is 183 Å². The number of anilines is 1. The molecule has 8 nitrogen and oxygen atoms in total. The van der Waals surface area contributed by atoms with Gasteiger partial charge in [0.05, 0.1) is 13.2 Å². The van der Waals surface area contributed by atoms with Crippen molar-refractivity contribution in [2.75, 3.05) is 37.7 Å². The predicted molar refractivity (Wildman–Crippen MR) is 117 cm³/mol. The molecule has 2 aromatic rings. The van der Waals surface area contributed by atoms with Crippen LogP contribution in [0.3, 0.4) is 0 Å². The maximum Gasteiger partial charge on any atom is 0.324 e. The molecule has 2 aliphatic rings. The number of carbonyl (C=O) groups is 1. The molecule has 0 bridgehead atoms. The van der Waals surface area contributed by atoms with Crippen molar-refractivity contribution >= 4 is 11.9 Å². The van der Waals surface area contributed by atoms with Gasteiger partial charge in [0.25, 0.3) is 5.91 Å². The van der Waals surface area contributed by atoms with Crippen molar-refractivity contribution in [2.45, 2.75) is 51.4 Å². The van der Waals surface area contributed by atoms with E-state index in [1.165, 1.54) is 12.8 Å². The lowest BCUT2D eigenvalue weighted by molar-refractivity contribution is 0.0944. The van der Waals surface area contributed by atoms with E-state index >= 15 is 0 Å². The first kappa shape index (κ1) is 21.6. The number of benzene rings is 1. The number of amides is 1. The molecule has 8 heteroatoms. The molecule has 0 radical (unpaired) electrons. The molecular formula is C23H32N4O4. The van der Waals surface area contributed by atoms with Crippen molar-refractivity contribution < 1.29 is 19.2 Å². The second-order valence-electron chi connectivity index (χ2n) is 8.59. The monoisotopic (exact) mass is 428 g/mol. The number of ether oxygens (including phenoxy) is 1. The molecule has 0 spiro atoms. The standard InChI is InChI=1S/C23H32N4O4/c1-16-15-19(6-7-20(16)22(29)24-10-13-28)30-14-2-3-17-8-11-27(12-9-17)23-25-21(26-31-23)18-4-5-18/h6-7,15,17-18,28H,2-5,8-14H2,1H3,(H,24,29). The molecule has 1 aliphatic carbocycles. The number of carbonyl (C=O) groups excluding carboxylic acids is 1. The predicted octanol–water partition coefficient (Wildman–Crippen LogP) is 3.05. The van der Waals surface area contributed by atoms with Gasteiger partial charge in [0, 0.05) is 31.1 Å². The summed E-state index contributed by atoms with van der Waals surface area (Å²) in [4.78, 5) is 18.8. The van der Waals surface area contributed by atoms with E-state index in [-0.39, 0.29) is 19.1 Å². The van der Waals surface area contributed by atoms with Crippen LogP contribution >= 0.6 is 0 Å². The average molecular weight is 429 g/mol. The van der Waals surface area contributed by atoms with Crippen LogP contribution in [0.4, 0.5) is 6.01 Å². The molecule has 1 amide bonds. The van der Waals surface area contributed by atoms with Crippen LogP contribution in [-0.2, 0) is 0 Å². The van der Waals surface area contributed by atoms with Gasteiger partial charge in [0.15, 0.2) is 5.82 Å². The lowest BCUT2D eigenvalue weighted by Crippen LogP contribution is -2.34. The van der Waals surface area contributed by atoms with Crippen molar-refractivity contribution in [1.29, 1.82) is 0 Å². The number of piperidine rings is 1. The maximum atomic E-state index is 12.0. The van der Waals surface area contributed by atoms with Crippen LogP contribution in [0.15, 0.2) is 22.7 Å². The minimum absolute atomic E-state index is 0.0662. The Balaban J connectivity index is 1.15. The molecule has 2 N–H and O–H groups in total. The molecule has 1 aromatic heterocycles. The third kappa shape index (κ3) is 5.76. The van der Waals surface area contributed by atoms with Gasteiger partial charge in [-0.2, -0.15) is 4.98 Å². The lowest BCUT2D eigenvalue weighted by Gasteiger charge is -2.30. The quantitative estimate of drug-likeness (QED) is 0.561. The highest BCUT2D eigenvalue weighted by Gasteiger charge is 2.30. The number of aryl methyl sites for hydroxylation is 1. The van der Waals surface area contributed by atoms with Crippen LogP contribution in [-0.4, -0.2) is 54.0 Å². The lowest BCUT2D eigenvalue weighted by atomic mass is 9.92. The topological polar surface area (TPSA) is 101 Å². The van der Waals surface area contributed by atoms with Crippen LogP contribution in [0.25, 0.3) is 0 Å². The van der Waals surface area contributed by atoms with E-state index < -0.39 is 0 Å². The molecule has 2 heterocycles. The van der Waals surface area contributed by atoms with Crippen molar-refractivity contribution in [3.05, 3.63) is 35.2 Å². The van der Waals surface area contributed by atoms with Gasteiger partial charge in [-0.25, -0.2) is 0 Å². The smallest absolute Gasteiger partial charge is 0.324 e. The van der Waals surface area contributed by atoms with Crippen LogP contribution in [0.5, 0.6) is 5.75 Å². The Morgan fingerprint density at radius 3 is 2.81 bits per heavy atom.